The number of aryl methyl sites for hydroxylation is 1. The molecule has 3 rings (SSSR count). The molecule has 0 spiro atoms. The maximum absolute atomic E-state index is 5.32. The van der Waals surface area contributed by atoms with Gasteiger partial charge in [0.05, 0.1) is 11.4 Å². The van der Waals surface area contributed by atoms with Crippen molar-refractivity contribution in [3.05, 3.63) is 47.6 Å². The molecule has 7 nitrogen and oxygen atoms in total. The number of nitrogens with zero attached hydrogens (tertiary/aromatic N) is 4. The second-order valence-electron chi connectivity index (χ2n) is 6.85. The minimum atomic E-state index is 0. The molecule has 1 aliphatic heterocycles. The standard InChI is InChI=1S/C20H30N6O.HI/c1-3-16-13-19(27-25-16)14-23-20(21-4-2)24-17-8-11-26(12-9-17)15-18-7-5-6-10-22-18;/h5-7,10,13,17H,3-4,8-9,11-12,14-15H2,1-2H3,(H2,21,23,24);1H. The van der Waals surface area contributed by atoms with Crippen molar-refractivity contribution >= 4 is 29.9 Å². The first-order valence-corrected chi connectivity index (χ1v) is 9.88. The van der Waals surface area contributed by atoms with E-state index in [4.69, 9.17) is 4.52 Å². The van der Waals surface area contributed by atoms with Gasteiger partial charge in [0.1, 0.15) is 6.54 Å². The zero-order chi connectivity index (χ0) is 18.9. The summed E-state index contributed by atoms with van der Waals surface area (Å²) in [7, 11) is 0. The third kappa shape index (κ3) is 7.05. The Morgan fingerprint density at radius 1 is 1.25 bits per heavy atom. The van der Waals surface area contributed by atoms with Crippen LogP contribution in [0.3, 0.4) is 0 Å². The van der Waals surface area contributed by atoms with Crippen LogP contribution in [-0.4, -0.2) is 46.7 Å². The monoisotopic (exact) mass is 498 g/mol. The van der Waals surface area contributed by atoms with Crippen LogP contribution < -0.4 is 10.6 Å². The molecule has 154 valence electrons. The molecule has 3 heterocycles. The quantitative estimate of drug-likeness (QED) is 0.347. The van der Waals surface area contributed by atoms with Crippen LogP contribution in [-0.2, 0) is 19.5 Å². The number of nitrogens with one attached hydrogen (secondary N) is 2. The average molecular weight is 498 g/mol. The van der Waals surface area contributed by atoms with E-state index in [1.807, 2.05) is 24.4 Å². The van der Waals surface area contributed by atoms with Gasteiger partial charge >= 0.3 is 0 Å². The van der Waals surface area contributed by atoms with Crippen molar-refractivity contribution in [1.29, 1.82) is 0 Å². The Labute approximate surface area is 184 Å². The van der Waals surface area contributed by atoms with Gasteiger partial charge in [0.25, 0.3) is 0 Å². The van der Waals surface area contributed by atoms with E-state index < -0.39 is 0 Å². The number of halogens is 1. The number of hydrogen-bond acceptors (Lipinski definition) is 5. The lowest BCUT2D eigenvalue weighted by atomic mass is 10.0. The number of pyridine rings is 1. The lowest BCUT2D eigenvalue weighted by molar-refractivity contribution is 0.196. The molecule has 0 atom stereocenters. The first-order chi connectivity index (χ1) is 13.3. The normalized spacial score (nSPS) is 15.9. The van der Waals surface area contributed by atoms with Crippen LogP contribution >= 0.6 is 24.0 Å². The van der Waals surface area contributed by atoms with Crippen molar-refractivity contribution in [3.8, 4) is 0 Å². The van der Waals surface area contributed by atoms with Gasteiger partial charge in [-0.05, 0) is 38.3 Å². The number of aliphatic imine (C=N–C) groups is 1. The smallest absolute Gasteiger partial charge is 0.191 e. The van der Waals surface area contributed by atoms with Gasteiger partial charge in [-0.3, -0.25) is 9.88 Å². The van der Waals surface area contributed by atoms with E-state index >= 15 is 0 Å². The molecule has 2 aromatic rings. The number of guanidine groups is 1. The van der Waals surface area contributed by atoms with Crippen molar-refractivity contribution in [1.82, 2.24) is 25.7 Å². The van der Waals surface area contributed by atoms with Gasteiger partial charge in [-0.25, -0.2) is 4.99 Å². The Kier molecular flexibility index (Phi) is 9.69. The molecule has 0 radical (unpaired) electrons. The van der Waals surface area contributed by atoms with Gasteiger partial charge in [-0.15, -0.1) is 24.0 Å². The number of rotatable bonds is 7. The number of hydrogen-bond donors (Lipinski definition) is 2. The highest BCUT2D eigenvalue weighted by Gasteiger charge is 2.20. The van der Waals surface area contributed by atoms with Gasteiger partial charge in [-0.1, -0.05) is 18.1 Å². The highest BCUT2D eigenvalue weighted by molar-refractivity contribution is 14.0. The van der Waals surface area contributed by atoms with Crippen molar-refractivity contribution in [2.45, 2.75) is 52.2 Å². The van der Waals surface area contributed by atoms with E-state index in [-0.39, 0.29) is 24.0 Å². The van der Waals surface area contributed by atoms with Crippen LogP contribution in [0, 0.1) is 0 Å². The minimum absolute atomic E-state index is 0. The Morgan fingerprint density at radius 2 is 2.07 bits per heavy atom. The molecule has 8 heteroatoms. The molecule has 0 unspecified atom stereocenters. The summed E-state index contributed by atoms with van der Waals surface area (Å²) in [6, 6.07) is 8.51. The molecule has 0 saturated carbocycles. The highest BCUT2D eigenvalue weighted by Crippen LogP contribution is 2.13. The number of piperidine rings is 1. The Hall–Kier alpha value is -1.68. The van der Waals surface area contributed by atoms with Crippen molar-refractivity contribution < 1.29 is 4.52 Å². The zero-order valence-corrected chi connectivity index (χ0v) is 19.1. The Bertz CT molecular complexity index is 712. The summed E-state index contributed by atoms with van der Waals surface area (Å²) in [4.78, 5) is 11.5. The molecule has 0 aliphatic carbocycles. The van der Waals surface area contributed by atoms with Crippen molar-refractivity contribution in [2.75, 3.05) is 19.6 Å². The van der Waals surface area contributed by atoms with E-state index in [1.54, 1.807) is 0 Å². The molecule has 1 aliphatic rings. The fourth-order valence-corrected chi connectivity index (χ4v) is 3.22. The average Bonchev–Trinajstić information content (AvgIpc) is 3.17. The molecule has 0 amide bonds. The van der Waals surface area contributed by atoms with Crippen LogP contribution in [0.25, 0.3) is 0 Å². The van der Waals surface area contributed by atoms with E-state index in [9.17, 15) is 0 Å². The van der Waals surface area contributed by atoms with Gasteiger partial charge in [0, 0.05) is 44.5 Å². The van der Waals surface area contributed by atoms with E-state index in [1.165, 1.54) is 0 Å². The lowest BCUT2D eigenvalue weighted by Gasteiger charge is -2.32. The third-order valence-electron chi connectivity index (χ3n) is 4.75. The summed E-state index contributed by atoms with van der Waals surface area (Å²) >= 11 is 0. The first kappa shape index (κ1) is 22.6. The molecular formula is C20H31IN6O. The molecule has 28 heavy (non-hydrogen) atoms. The third-order valence-corrected chi connectivity index (χ3v) is 4.75. The SMILES string of the molecule is CCNC(=NCc1cc(CC)no1)NC1CCN(Cc2ccccn2)CC1.I. The fourth-order valence-electron chi connectivity index (χ4n) is 3.22. The minimum Gasteiger partial charge on any atom is -0.359 e. The number of likely N-dealkylation sites (tertiary alicyclic amines) is 1. The van der Waals surface area contributed by atoms with Crippen LogP contribution in [0.1, 0.15) is 43.8 Å². The topological polar surface area (TPSA) is 78.6 Å². The molecule has 2 N–H and O–H groups in total. The Balaban J connectivity index is 0.00000280. The molecule has 1 saturated heterocycles. The van der Waals surface area contributed by atoms with E-state index in [0.717, 1.165) is 68.5 Å². The van der Waals surface area contributed by atoms with Crippen molar-refractivity contribution in [2.24, 2.45) is 4.99 Å². The molecular weight excluding hydrogens is 467 g/mol. The van der Waals surface area contributed by atoms with E-state index in [0.29, 0.717) is 12.6 Å². The lowest BCUT2D eigenvalue weighted by Crippen LogP contribution is -2.48. The second-order valence-corrected chi connectivity index (χ2v) is 6.85. The fraction of sp³-hybridized carbons (Fsp3) is 0.550. The molecule has 0 aromatic carbocycles. The first-order valence-electron chi connectivity index (χ1n) is 9.88. The van der Waals surface area contributed by atoms with Crippen molar-refractivity contribution in [3.63, 3.8) is 0 Å². The summed E-state index contributed by atoms with van der Waals surface area (Å²) in [5.41, 5.74) is 2.11. The Morgan fingerprint density at radius 3 is 2.71 bits per heavy atom. The van der Waals surface area contributed by atoms with Gasteiger partial charge in [-0.2, -0.15) is 0 Å². The number of aromatic nitrogens is 2. The van der Waals surface area contributed by atoms with Crippen LogP contribution in [0.2, 0.25) is 0 Å². The summed E-state index contributed by atoms with van der Waals surface area (Å²) in [5, 5.41) is 10.9. The summed E-state index contributed by atoms with van der Waals surface area (Å²) in [5.74, 6) is 1.64. The molecule has 2 aromatic heterocycles. The summed E-state index contributed by atoms with van der Waals surface area (Å²) in [6.45, 7) is 8.53. The van der Waals surface area contributed by atoms with Gasteiger partial charge < -0.3 is 15.2 Å². The second kappa shape index (κ2) is 12.0. The predicted octanol–water partition coefficient (Wildman–Crippen LogP) is 2.97. The maximum atomic E-state index is 5.32. The summed E-state index contributed by atoms with van der Waals surface area (Å²) < 4.78 is 5.32. The van der Waals surface area contributed by atoms with E-state index in [2.05, 4.69) is 50.6 Å². The maximum Gasteiger partial charge on any atom is 0.191 e. The predicted molar refractivity (Wildman–Crippen MR) is 122 cm³/mol. The van der Waals surface area contributed by atoms with Gasteiger partial charge in [0.15, 0.2) is 11.7 Å². The zero-order valence-electron chi connectivity index (χ0n) is 16.7. The summed E-state index contributed by atoms with van der Waals surface area (Å²) in [6.07, 6.45) is 4.93. The van der Waals surface area contributed by atoms with Gasteiger partial charge in [0.2, 0.25) is 0 Å². The van der Waals surface area contributed by atoms with Crippen LogP contribution in [0.5, 0.6) is 0 Å². The van der Waals surface area contributed by atoms with Crippen LogP contribution in [0.4, 0.5) is 0 Å². The highest BCUT2D eigenvalue weighted by atomic mass is 127. The molecule has 0 bridgehead atoms. The van der Waals surface area contributed by atoms with Crippen LogP contribution in [0.15, 0.2) is 40.0 Å². The molecule has 1 fully saturated rings. The largest absolute Gasteiger partial charge is 0.359 e.